The lowest BCUT2D eigenvalue weighted by atomic mass is 9.77. The fourth-order valence-electron chi connectivity index (χ4n) is 11.0. The molecule has 5 heterocycles. The van der Waals surface area contributed by atoms with Crippen LogP contribution in [-0.2, 0) is 38.0 Å². The summed E-state index contributed by atoms with van der Waals surface area (Å²) >= 11 is 5.65. The van der Waals surface area contributed by atoms with Crippen LogP contribution in [0, 0.1) is 17.8 Å². The summed E-state index contributed by atoms with van der Waals surface area (Å²) in [7, 11) is 5.28. The topological polar surface area (TPSA) is 230 Å². The summed E-state index contributed by atoms with van der Waals surface area (Å²) in [4.78, 5) is 25.4. The second-order valence-electron chi connectivity index (χ2n) is 21.5. The first-order chi connectivity index (χ1) is 32.8. The van der Waals surface area contributed by atoms with Crippen molar-refractivity contribution in [3.05, 3.63) is 18.3 Å². The predicted molar refractivity (Wildman–Crippen MR) is 269 cm³/mol. The maximum Gasteiger partial charge on any atom is 0.311 e. The van der Waals surface area contributed by atoms with E-state index in [1.54, 1.807) is 40.8 Å². The molecule has 20 heteroatoms. The summed E-state index contributed by atoms with van der Waals surface area (Å²) in [6.45, 7) is 21.9. The number of nitrogens with zero attached hydrogens (tertiary/aromatic N) is 4. The maximum atomic E-state index is 14.6. The fraction of sp³-hybridized carbons (Fsp3) is 0.860. The summed E-state index contributed by atoms with van der Waals surface area (Å²) in [5, 5.41) is 67.1. The lowest BCUT2D eigenvalue weighted by molar-refractivity contribution is -0.318. The van der Waals surface area contributed by atoms with Gasteiger partial charge in [-0.25, -0.2) is 4.98 Å². The number of likely N-dealkylation sites (N-methyl/N-ethyl adjacent to an activating group) is 1. The fourth-order valence-corrected chi connectivity index (χ4v) is 11.2. The molecule has 0 saturated carbocycles. The van der Waals surface area contributed by atoms with Crippen LogP contribution in [-0.4, -0.2) is 209 Å². The van der Waals surface area contributed by atoms with E-state index < -0.39 is 96.0 Å². The summed E-state index contributed by atoms with van der Waals surface area (Å²) in [6.07, 6.45) is -6.52. The molecule has 4 saturated heterocycles. The molecule has 0 bridgehead atoms. The quantitative estimate of drug-likeness (QED) is 0.0856. The number of pyridine rings is 1. The van der Waals surface area contributed by atoms with E-state index in [4.69, 9.17) is 45.4 Å². The number of hydrogen-bond acceptors (Lipinski definition) is 18. The Kier molecular flexibility index (Phi) is 21.1. The number of aliphatic hydroxyl groups excluding tert-OH is 3. The number of morpholine rings is 1. The largest absolute Gasteiger partial charge is 0.459 e. The van der Waals surface area contributed by atoms with E-state index in [1.165, 1.54) is 14.0 Å². The molecular formula is C50H88N6O13S. The highest BCUT2D eigenvalue weighted by molar-refractivity contribution is 7.80. The SMILES string of the molecule is CC[C@H]1OC(=O)[C@H](C)[C@@H](O[C@H]2C[C@@](C)(OC)[C@@H](O)[C@H](C)O2)[C@H](C)[C@@H](O[C@@H]2O[C@H](C)C[C@H](N(C)C)[C@H]2O)[C@](C)(O)C[C@@H](C)CN(CCCNC(=S)Nc2ccc(N3CCOCC3)nc2)[C@H](C)[C@@H](O)[C@]1(C)O. The number of carbonyl (C=O) groups excluding carboxylic acids is 1. The van der Waals surface area contributed by atoms with Crippen molar-refractivity contribution in [3.8, 4) is 0 Å². The first kappa shape index (κ1) is 58.5. The molecule has 0 amide bonds. The number of hydrogen-bond donors (Lipinski definition) is 7. The molecule has 0 unspecified atom stereocenters. The Labute approximate surface area is 422 Å². The number of methoxy groups -OCH3 is 1. The minimum atomic E-state index is -1.90. The number of ether oxygens (including phenoxy) is 7. The Balaban J connectivity index is 1.44. The van der Waals surface area contributed by atoms with Gasteiger partial charge < -0.3 is 79.1 Å². The van der Waals surface area contributed by atoms with Gasteiger partial charge in [0.15, 0.2) is 17.7 Å². The second-order valence-corrected chi connectivity index (χ2v) is 21.9. The van der Waals surface area contributed by atoms with Crippen molar-refractivity contribution < 1.29 is 63.5 Å². The van der Waals surface area contributed by atoms with Crippen LogP contribution in [0.5, 0.6) is 0 Å². The van der Waals surface area contributed by atoms with Crippen molar-refractivity contribution in [1.29, 1.82) is 0 Å². The van der Waals surface area contributed by atoms with E-state index >= 15 is 0 Å². The molecule has 19 nitrogen and oxygen atoms in total. The van der Waals surface area contributed by atoms with Crippen molar-refractivity contribution in [2.75, 3.05) is 77.4 Å². The van der Waals surface area contributed by atoms with Crippen LogP contribution in [0.4, 0.5) is 11.5 Å². The Morgan fingerprint density at radius 3 is 2.29 bits per heavy atom. The van der Waals surface area contributed by atoms with Gasteiger partial charge >= 0.3 is 5.97 Å². The van der Waals surface area contributed by atoms with Gasteiger partial charge in [0.1, 0.15) is 35.8 Å². The number of aromatic nitrogens is 1. The van der Waals surface area contributed by atoms with Crippen molar-refractivity contribution in [2.45, 2.75) is 192 Å². The van der Waals surface area contributed by atoms with Gasteiger partial charge in [0.05, 0.1) is 66.6 Å². The standard InChI is InChI=1S/C50H88N6O13S/c1-14-37-50(10,62)42(58)33(6)56(19-15-18-51-47(70)53-35-16-17-38(52-27-35)55-20-22-64-23-21-55)28-29(2)25-48(8,61)44(69-46-40(57)36(54(11)12)24-30(3)65-46)31(4)41(32(5)45(60)67-37)68-39-26-49(9,63-13)43(59)34(7)66-39/h16-17,27,29-34,36-37,39-44,46,57-59,61-62H,14-15,18-26,28H2,1-13H3,(H2,51,53,70)/t29-,30-,31+,32-,33-,34+,36+,37-,39+,40-,41+,42-,43+,44-,46+,48-,49-,50-/m1/s1. The first-order valence-electron chi connectivity index (χ1n) is 25.4. The molecule has 1 aromatic rings. The third kappa shape index (κ3) is 14.5. The molecule has 4 aliphatic rings. The van der Waals surface area contributed by atoms with E-state index in [2.05, 4.69) is 25.4 Å². The van der Waals surface area contributed by atoms with Crippen molar-refractivity contribution in [3.63, 3.8) is 0 Å². The van der Waals surface area contributed by atoms with Crippen LogP contribution in [0.3, 0.4) is 0 Å². The molecule has 18 atom stereocenters. The highest BCUT2D eigenvalue weighted by Gasteiger charge is 2.53. The van der Waals surface area contributed by atoms with E-state index in [0.717, 1.165) is 24.6 Å². The first-order valence-corrected chi connectivity index (χ1v) is 25.8. The van der Waals surface area contributed by atoms with Crippen LogP contribution in [0.25, 0.3) is 0 Å². The number of rotatable bonds is 13. The Hall–Kier alpha value is -2.41. The van der Waals surface area contributed by atoms with Gasteiger partial charge in [-0.2, -0.15) is 0 Å². The van der Waals surface area contributed by atoms with Gasteiger partial charge in [0.25, 0.3) is 0 Å². The third-order valence-corrected chi connectivity index (χ3v) is 15.5. The minimum Gasteiger partial charge on any atom is -0.459 e. The van der Waals surface area contributed by atoms with E-state index in [1.807, 2.05) is 58.8 Å². The number of thiocarbonyl (C=S) groups is 1. The van der Waals surface area contributed by atoms with Crippen molar-refractivity contribution >= 4 is 34.8 Å². The maximum absolute atomic E-state index is 14.6. The average Bonchev–Trinajstić information content (AvgIpc) is 3.31. The van der Waals surface area contributed by atoms with Crippen LogP contribution >= 0.6 is 12.2 Å². The third-order valence-electron chi connectivity index (χ3n) is 15.3. The number of aliphatic hydroxyl groups is 5. The molecule has 4 aliphatic heterocycles. The smallest absolute Gasteiger partial charge is 0.311 e. The highest BCUT2D eigenvalue weighted by atomic mass is 32.1. The average molecular weight is 1010 g/mol. The normalized spacial score (nSPS) is 41.0. The van der Waals surface area contributed by atoms with E-state index in [-0.39, 0.29) is 37.3 Å². The predicted octanol–water partition coefficient (Wildman–Crippen LogP) is 2.88. The zero-order valence-corrected chi connectivity index (χ0v) is 44.9. The molecule has 402 valence electrons. The van der Waals surface area contributed by atoms with Crippen LogP contribution < -0.4 is 15.5 Å². The summed E-state index contributed by atoms with van der Waals surface area (Å²) in [5.41, 5.74) is -3.84. The molecule has 1 aromatic heterocycles. The second kappa shape index (κ2) is 25.2. The van der Waals surface area contributed by atoms with Crippen molar-refractivity contribution in [2.24, 2.45) is 17.8 Å². The minimum absolute atomic E-state index is 0.108. The zero-order valence-electron chi connectivity index (χ0n) is 44.1. The van der Waals surface area contributed by atoms with Gasteiger partial charge in [-0.3, -0.25) is 9.69 Å². The van der Waals surface area contributed by atoms with Gasteiger partial charge in [-0.15, -0.1) is 0 Å². The van der Waals surface area contributed by atoms with E-state index in [0.29, 0.717) is 50.8 Å². The molecule has 0 aromatic carbocycles. The van der Waals surface area contributed by atoms with Gasteiger partial charge in [0.2, 0.25) is 0 Å². The number of cyclic esters (lactones) is 1. The number of carbonyl (C=O) groups is 1. The number of anilines is 2. The molecule has 4 fully saturated rings. The molecule has 0 aliphatic carbocycles. The zero-order chi connectivity index (χ0) is 51.9. The summed E-state index contributed by atoms with van der Waals surface area (Å²) in [5.74, 6) is -1.93. The number of esters is 1. The molecule has 7 N–H and O–H groups in total. The van der Waals surface area contributed by atoms with Crippen LogP contribution in [0.2, 0.25) is 0 Å². The molecule has 0 radical (unpaired) electrons. The van der Waals surface area contributed by atoms with Crippen LogP contribution in [0.1, 0.15) is 101 Å². The lowest BCUT2D eigenvalue weighted by Gasteiger charge is -2.48. The van der Waals surface area contributed by atoms with Gasteiger partial charge in [-0.05, 0) is 119 Å². The van der Waals surface area contributed by atoms with Gasteiger partial charge in [0, 0.05) is 64.3 Å². The van der Waals surface area contributed by atoms with Gasteiger partial charge in [-0.1, -0.05) is 20.8 Å². The Morgan fingerprint density at radius 2 is 1.67 bits per heavy atom. The Morgan fingerprint density at radius 1 is 0.986 bits per heavy atom. The summed E-state index contributed by atoms with van der Waals surface area (Å²) in [6, 6.07) is 2.93. The molecular weight excluding hydrogens is 925 g/mol. The monoisotopic (exact) mass is 1010 g/mol. The Bertz CT molecular complexity index is 1800. The van der Waals surface area contributed by atoms with Crippen LogP contribution in [0.15, 0.2) is 18.3 Å². The van der Waals surface area contributed by atoms with Crippen molar-refractivity contribution in [1.82, 2.24) is 20.1 Å². The highest BCUT2D eigenvalue weighted by Crippen LogP contribution is 2.40. The van der Waals surface area contributed by atoms with E-state index in [9.17, 15) is 30.3 Å². The molecule has 0 spiro atoms. The lowest BCUT2D eigenvalue weighted by Crippen LogP contribution is -2.60. The summed E-state index contributed by atoms with van der Waals surface area (Å²) < 4.78 is 43.7. The molecule has 5 rings (SSSR count). The molecule has 70 heavy (non-hydrogen) atoms. The number of nitrogens with one attached hydrogen (secondary N) is 2.